The van der Waals surface area contributed by atoms with E-state index in [-0.39, 0.29) is 6.04 Å². The van der Waals surface area contributed by atoms with Gasteiger partial charge in [0.05, 0.1) is 5.69 Å². The van der Waals surface area contributed by atoms with Crippen LogP contribution in [0, 0.1) is 19.3 Å². The lowest BCUT2D eigenvalue weighted by Crippen LogP contribution is -2.16. The summed E-state index contributed by atoms with van der Waals surface area (Å²) in [5.41, 5.74) is 10.1. The summed E-state index contributed by atoms with van der Waals surface area (Å²) in [6.45, 7) is 10.9. The van der Waals surface area contributed by atoms with E-state index in [1.807, 2.05) is 18.7 Å². The average Bonchev–Trinajstić information content (AvgIpc) is 2.36. The smallest absolute Gasteiger partial charge is 0.0644 e. The van der Waals surface area contributed by atoms with Gasteiger partial charge in [0.1, 0.15) is 0 Å². The van der Waals surface area contributed by atoms with Crippen LogP contribution in [0.4, 0.5) is 0 Å². The summed E-state index contributed by atoms with van der Waals surface area (Å²) in [5, 5.41) is 4.41. The third-order valence-corrected chi connectivity index (χ3v) is 3.14. The molecule has 0 saturated carbocycles. The molecule has 16 heavy (non-hydrogen) atoms. The van der Waals surface area contributed by atoms with Gasteiger partial charge in [-0.25, -0.2) is 0 Å². The van der Waals surface area contributed by atoms with Crippen molar-refractivity contribution in [1.82, 2.24) is 9.78 Å². The quantitative estimate of drug-likeness (QED) is 0.856. The molecule has 0 saturated heterocycles. The molecule has 1 aromatic heterocycles. The van der Waals surface area contributed by atoms with Crippen molar-refractivity contribution < 1.29 is 0 Å². The summed E-state index contributed by atoms with van der Waals surface area (Å²) in [4.78, 5) is 0. The Labute approximate surface area is 99.0 Å². The third-order valence-electron chi connectivity index (χ3n) is 3.14. The Bertz CT molecular complexity index is 358. The molecule has 1 unspecified atom stereocenters. The summed E-state index contributed by atoms with van der Waals surface area (Å²) in [7, 11) is 1.97. The van der Waals surface area contributed by atoms with E-state index in [0.29, 0.717) is 5.41 Å². The van der Waals surface area contributed by atoms with Gasteiger partial charge in [-0.15, -0.1) is 0 Å². The molecule has 0 spiro atoms. The standard InChI is InChI=1S/C13H25N3/c1-9-12(10(2)16(6)15-9)11(14)7-8-13(3,4)5/h11H,7-8,14H2,1-6H3. The molecule has 3 nitrogen and oxygen atoms in total. The van der Waals surface area contributed by atoms with Gasteiger partial charge in [0.25, 0.3) is 0 Å². The van der Waals surface area contributed by atoms with E-state index in [0.717, 1.165) is 18.5 Å². The topological polar surface area (TPSA) is 43.8 Å². The lowest BCUT2D eigenvalue weighted by molar-refractivity contribution is 0.349. The van der Waals surface area contributed by atoms with Gasteiger partial charge in [-0.2, -0.15) is 5.10 Å². The van der Waals surface area contributed by atoms with Crippen molar-refractivity contribution in [3.63, 3.8) is 0 Å². The summed E-state index contributed by atoms with van der Waals surface area (Å²) in [6.07, 6.45) is 2.17. The van der Waals surface area contributed by atoms with E-state index in [1.54, 1.807) is 0 Å². The minimum absolute atomic E-state index is 0.118. The van der Waals surface area contributed by atoms with Crippen LogP contribution in [0.1, 0.15) is 56.6 Å². The number of rotatable bonds is 3. The predicted molar refractivity (Wildman–Crippen MR) is 68.3 cm³/mol. The lowest BCUT2D eigenvalue weighted by atomic mass is 9.87. The van der Waals surface area contributed by atoms with Gasteiger partial charge in [0.2, 0.25) is 0 Å². The molecule has 3 heteroatoms. The maximum Gasteiger partial charge on any atom is 0.0644 e. The van der Waals surface area contributed by atoms with Gasteiger partial charge in [-0.1, -0.05) is 20.8 Å². The maximum atomic E-state index is 6.26. The Morgan fingerprint density at radius 3 is 2.25 bits per heavy atom. The van der Waals surface area contributed by atoms with Gasteiger partial charge in [-0.05, 0) is 32.1 Å². The Balaban J connectivity index is 2.77. The Morgan fingerprint density at radius 1 is 1.31 bits per heavy atom. The minimum atomic E-state index is 0.118. The average molecular weight is 223 g/mol. The predicted octanol–water partition coefficient (Wildman–Crippen LogP) is 2.86. The fraction of sp³-hybridized carbons (Fsp3) is 0.769. The normalized spacial score (nSPS) is 14.2. The van der Waals surface area contributed by atoms with Crippen molar-refractivity contribution in [2.45, 2.75) is 53.5 Å². The zero-order chi connectivity index (χ0) is 12.5. The second-order valence-corrected chi connectivity index (χ2v) is 5.91. The molecule has 0 bridgehead atoms. The Kier molecular flexibility index (Phi) is 3.79. The van der Waals surface area contributed by atoms with Gasteiger partial charge in [0.15, 0.2) is 0 Å². The van der Waals surface area contributed by atoms with Crippen molar-refractivity contribution in [1.29, 1.82) is 0 Å². The monoisotopic (exact) mass is 223 g/mol. The van der Waals surface area contributed by atoms with Crippen LogP contribution in [0.25, 0.3) is 0 Å². The molecule has 92 valence electrons. The van der Waals surface area contributed by atoms with Crippen molar-refractivity contribution in [3.8, 4) is 0 Å². The first kappa shape index (κ1) is 13.2. The molecule has 0 aliphatic rings. The first-order valence-electron chi connectivity index (χ1n) is 5.98. The molecule has 0 aliphatic carbocycles. The van der Waals surface area contributed by atoms with Gasteiger partial charge >= 0.3 is 0 Å². The molecule has 1 atom stereocenters. The highest BCUT2D eigenvalue weighted by atomic mass is 15.3. The SMILES string of the molecule is Cc1nn(C)c(C)c1C(N)CCC(C)(C)C. The lowest BCUT2D eigenvalue weighted by Gasteiger charge is -2.21. The summed E-state index contributed by atoms with van der Waals surface area (Å²) < 4.78 is 1.92. The van der Waals surface area contributed by atoms with Crippen LogP contribution >= 0.6 is 0 Å². The Hall–Kier alpha value is -0.830. The maximum absolute atomic E-state index is 6.26. The minimum Gasteiger partial charge on any atom is -0.324 e. The number of nitrogens with zero attached hydrogens (tertiary/aromatic N) is 2. The van der Waals surface area contributed by atoms with Crippen LogP contribution in [-0.4, -0.2) is 9.78 Å². The molecule has 0 radical (unpaired) electrons. The van der Waals surface area contributed by atoms with E-state index in [1.165, 1.54) is 11.3 Å². The molecule has 2 N–H and O–H groups in total. The van der Waals surface area contributed by atoms with Crippen LogP contribution in [0.5, 0.6) is 0 Å². The molecule has 0 aromatic carbocycles. The highest BCUT2D eigenvalue weighted by Gasteiger charge is 2.19. The zero-order valence-electron chi connectivity index (χ0n) is 11.5. The number of aryl methyl sites for hydroxylation is 2. The molecule has 0 aliphatic heterocycles. The summed E-state index contributed by atoms with van der Waals surface area (Å²) >= 11 is 0. The molecular weight excluding hydrogens is 198 g/mol. The van der Waals surface area contributed by atoms with Crippen LogP contribution in [0.3, 0.4) is 0 Å². The van der Waals surface area contributed by atoms with E-state index in [4.69, 9.17) is 5.73 Å². The fourth-order valence-corrected chi connectivity index (χ4v) is 2.06. The van der Waals surface area contributed by atoms with Crippen molar-refractivity contribution in [2.75, 3.05) is 0 Å². The number of aromatic nitrogens is 2. The largest absolute Gasteiger partial charge is 0.324 e. The highest BCUT2D eigenvalue weighted by Crippen LogP contribution is 2.28. The summed E-state index contributed by atoms with van der Waals surface area (Å²) in [6, 6.07) is 0.118. The zero-order valence-corrected chi connectivity index (χ0v) is 11.5. The van der Waals surface area contributed by atoms with Crippen molar-refractivity contribution >= 4 is 0 Å². The van der Waals surface area contributed by atoms with E-state index >= 15 is 0 Å². The Morgan fingerprint density at radius 2 is 1.88 bits per heavy atom. The first-order chi connectivity index (χ1) is 7.22. The first-order valence-corrected chi connectivity index (χ1v) is 5.98. The van der Waals surface area contributed by atoms with Crippen LogP contribution < -0.4 is 5.73 Å². The second kappa shape index (κ2) is 4.58. The second-order valence-electron chi connectivity index (χ2n) is 5.91. The van der Waals surface area contributed by atoms with Crippen molar-refractivity contribution in [3.05, 3.63) is 17.0 Å². The number of hydrogen-bond acceptors (Lipinski definition) is 2. The molecule has 1 heterocycles. The van der Waals surface area contributed by atoms with E-state index in [2.05, 4.69) is 32.8 Å². The van der Waals surface area contributed by atoms with Crippen molar-refractivity contribution in [2.24, 2.45) is 18.2 Å². The molecule has 0 amide bonds. The third kappa shape index (κ3) is 3.08. The van der Waals surface area contributed by atoms with Gasteiger partial charge in [0, 0.05) is 24.3 Å². The fourth-order valence-electron chi connectivity index (χ4n) is 2.06. The van der Waals surface area contributed by atoms with Gasteiger partial charge < -0.3 is 5.73 Å². The number of hydrogen-bond donors (Lipinski definition) is 1. The van der Waals surface area contributed by atoms with Crippen LogP contribution in [-0.2, 0) is 7.05 Å². The molecular formula is C13H25N3. The molecule has 0 fully saturated rings. The van der Waals surface area contributed by atoms with E-state index < -0.39 is 0 Å². The van der Waals surface area contributed by atoms with Gasteiger partial charge in [-0.3, -0.25) is 4.68 Å². The van der Waals surface area contributed by atoms with E-state index in [9.17, 15) is 0 Å². The van der Waals surface area contributed by atoms with Crippen LogP contribution in [0.2, 0.25) is 0 Å². The molecule has 1 rings (SSSR count). The number of nitrogens with two attached hydrogens (primary N) is 1. The highest BCUT2D eigenvalue weighted by molar-refractivity contribution is 5.27. The molecule has 1 aromatic rings. The summed E-state index contributed by atoms with van der Waals surface area (Å²) in [5.74, 6) is 0. The van der Waals surface area contributed by atoms with Crippen LogP contribution in [0.15, 0.2) is 0 Å².